The van der Waals surface area contributed by atoms with Crippen molar-refractivity contribution in [1.29, 1.82) is 0 Å². The van der Waals surface area contributed by atoms with E-state index in [9.17, 15) is 16.8 Å². The van der Waals surface area contributed by atoms with Gasteiger partial charge in [-0.15, -0.1) is 0 Å². The number of sulfonamides is 2. The van der Waals surface area contributed by atoms with Crippen LogP contribution in [-0.2, 0) is 26.6 Å². The molecule has 1 aromatic heterocycles. The van der Waals surface area contributed by atoms with Crippen molar-refractivity contribution in [3.05, 3.63) is 72.6 Å². The van der Waals surface area contributed by atoms with E-state index in [-0.39, 0.29) is 9.79 Å². The summed E-state index contributed by atoms with van der Waals surface area (Å²) >= 11 is 0. The van der Waals surface area contributed by atoms with Gasteiger partial charge in [-0.1, -0.05) is 18.2 Å². The molecule has 0 radical (unpaired) electrons. The van der Waals surface area contributed by atoms with Gasteiger partial charge in [-0.2, -0.15) is 9.40 Å². The zero-order valence-corrected chi connectivity index (χ0v) is 17.8. The minimum atomic E-state index is -3.88. The summed E-state index contributed by atoms with van der Waals surface area (Å²) in [5.41, 5.74) is 1.21. The van der Waals surface area contributed by atoms with Gasteiger partial charge in [0.1, 0.15) is 0 Å². The maximum absolute atomic E-state index is 12.9. The van der Waals surface area contributed by atoms with Crippen LogP contribution in [0.3, 0.4) is 0 Å². The molecule has 0 bridgehead atoms. The maximum Gasteiger partial charge on any atom is 0.261 e. The van der Waals surface area contributed by atoms with E-state index in [1.54, 1.807) is 35.3 Å². The van der Waals surface area contributed by atoms with Gasteiger partial charge in [0.25, 0.3) is 10.0 Å². The molecule has 158 valence electrons. The number of hydrogen-bond donors (Lipinski definition) is 1. The second kappa shape index (κ2) is 8.21. The molecule has 0 saturated carbocycles. The van der Waals surface area contributed by atoms with Crippen LogP contribution in [-0.4, -0.2) is 44.0 Å². The highest BCUT2D eigenvalue weighted by Gasteiger charge is 2.27. The summed E-state index contributed by atoms with van der Waals surface area (Å²) in [5.74, 6) is 0. The minimum absolute atomic E-state index is 0.00300. The van der Waals surface area contributed by atoms with Gasteiger partial charge in [0, 0.05) is 25.5 Å². The van der Waals surface area contributed by atoms with Crippen molar-refractivity contribution in [3.63, 3.8) is 0 Å². The lowest BCUT2D eigenvalue weighted by Crippen LogP contribution is -2.27. The Morgan fingerprint density at radius 1 is 0.867 bits per heavy atom. The van der Waals surface area contributed by atoms with Crippen LogP contribution in [0.4, 0.5) is 5.69 Å². The standard InChI is InChI=1S/C20H22N4O4S2/c25-29(26,22-20-7-2-1-6-17(20)16-23-13-5-12-21-23)18-8-10-19(11-9-18)30(27,28)24-14-3-4-15-24/h1-2,5-13,22H,3-4,14-16H2. The monoisotopic (exact) mass is 446 g/mol. The lowest BCUT2D eigenvalue weighted by Gasteiger charge is -2.16. The van der Waals surface area contributed by atoms with Gasteiger partial charge in [-0.25, -0.2) is 16.8 Å². The van der Waals surface area contributed by atoms with Crippen LogP contribution in [0.2, 0.25) is 0 Å². The molecule has 0 aliphatic carbocycles. The molecule has 30 heavy (non-hydrogen) atoms. The van der Waals surface area contributed by atoms with E-state index in [1.807, 2.05) is 12.1 Å². The van der Waals surface area contributed by atoms with Crippen molar-refractivity contribution in [1.82, 2.24) is 14.1 Å². The highest BCUT2D eigenvalue weighted by atomic mass is 32.2. The van der Waals surface area contributed by atoms with Crippen LogP contribution in [0, 0.1) is 0 Å². The molecule has 1 aliphatic rings. The van der Waals surface area contributed by atoms with Crippen LogP contribution >= 0.6 is 0 Å². The predicted molar refractivity (Wildman–Crippen MR) is 113 cm³/mol. The molecule has 4 rings (SSSR count). The molecule has 10 heteroatoms. The lowest BCUT2D eigenvalue weighted by atomic mass is 10.2. The number of hydrogen-bond acceptors (Lipinski definition) is 5. The van der Waals surface area contributed by atoms with E-state index < -0.39 is 20.0 Å². The third-order valence-corrected chi connectivity index (χ3v) is 8.28. The fourth-order valence-corrected chi connectivity index (χ4v) is 6.02. The topological polar surface area (TPSA) is 101 Å². The number of nitrogens with zero attached hydrogens (tertiary/aromatic N) is 3. The van der Waals surface area contributed by atoms with E-state index in [2.05, 4.69) is 9.82 Å². The van der Waals surface area contributed by atoms with Crippen molar-refractivity contribution in [3.8, 4) is 0 Å². The molecular weight excluding hydrogens is 424 g/mol. The molecule has 0 amide bonds. The summed E-state index contributed by atoms with van der Waals surface area (Å²) in [6, 6.07) is 14.2. The Bertz CT molecular complexity index is 1220. The van der Waals surface area contributed by atoms with Gasteiger partial charge >= 0.3 is 0 Å². The molecule has 2 heterocycles. The second-order valence-electron chi connectivity index (χ2n) is 7.05. The molecule has 0 spiro atoms. The summed E-state index contributed by atoms with van der Waals surface area (Å²) in [6.45, 7) is 1.41. The summed E-state index contributed by atoms with van der Waals surface area (Å²) in [7, 11) is -7.47. The van der Waals surface area contributed by atoms with Gasteiger partial charge < -0.3 is 0 Å². The number of aromatic nitrogens is 2. The molecule has 0 atom stereocenters. The number of para-hydroxylation sites is 1. The van der Waals surface area contributed by atoms with Crippen molar-refractivity contribution in [2.45, 2.75) is 29.2 Å². The SMILES string of the molecule is O=S(=O)(Nc1ccccc1Cn1cccn1)c1ccc(S(=O)(=O)N2CCCC2)cc1. The quantitative estimate of drug-likeness (QED) is 0.601. The first-order valence-corrected chi connectivity index (χ1v) is 12.5. The Balaban J connectivity index is 1.56. The Labute approximate surface area is 176 Å². The van der Waals surface area contributed by atoms with Crippen LogP contribution in [0.1, 0.15) is 18.4 Å². The van der Waals surface area contributed by atoms with Crippen LogP contribution < -0.4 is 4.72 Å². The lowest BCUT2D eigenvalue weighted by molar-refractivity contribution is 0.477. The molecule has 1 aliphatic heterocycles. The summed E-state index contributed by atoms with van der Waals surface area (Å²) in [6.07, 6.45) is 5.14. The van der Waals surface area contributed by atoms with Crippen molar-refractivity contribution in [2.24, 2.45) is 0 Å². The van der Waals surface area contributed by atoms with Crippen LogP contribution in [0.15, 0.2) is 76.8 Å². The smallest absolute Gasteiger partial charge is 0.261 e. The second-order valence-corrected chi connectivity index (χ2v) is 10.7. The fourth-order valence-electron chi connectivity index (χ4n) is 3.40. The normalized spacial score (nSPS) is 15.3. The maximum atomic E-state index is 12.9. The number of anilines is 1. The Kier molecular flexibility index (Phi) is 5.63. The van der Waals surface area contributed by atoms with E-state index in [0.29, 0.717) is 25.3 Å². The zero-order chi connectivity index (χ0) is 21.2. The van der Waals surface area contributed by atoms with E-state index in [4.69, 9.17) is 0 Å². The minimum Gasteiger partial charge on any atom is -0.279 e. The highest BCUT2D eigenvalue weighted by molar-refractivity contribution is 7.92. The molecule has 1 saturated heterocycles. The van der Waals surface area contributed by atoms with Gasteiger partial charge in [-0.3, -0.25) is 9.40 Å². The van der Waals surface area contributed by atoms with E-state index >= 15 is 0 Å². The Hall–Kier alpha value is -2.69. The van der Waals surface area contributed by atoms with Crippen molar-refractivity contribution in [2.75, 3.05) is 17.8 Å². The first-order valence-electron chi connectivity index (χ1n) is 9.55. The summed E-state index contributed by atoms with van der Waals surface area (Å²) in [4.78, 5) is 0.0965. The molecule has 0 unspecified atom stereocenters. The number of benzene rings is 2. The molecule has 3 aromatic rings. The predicted octanol–water partition coefficient (Wildman–Crippen LogP) is 2.52. The molecular formula is C20H22N4O4S2. The zero-order valence-electron chi connectivity index (χ0n) is 16.2. The van der Waals surface area contributed by atoms with E-state index in [0.717, 1.165) is 18.4 Å². The average molecular weight is 447 g/mol. The Morgan fingerprint density at radius 2 is 1.53 bits per heavy atom. The largest absolute Gasteiger partial charge is 0.279 e. The summed E-state index contributed by atoms with van der Waals surface area (Å²) < 4.78 is 56.8. The third kappa shape index (κ3) is 4.25. The molecule has 1 fully saturated rings. The Morgan fingerprint density at radius 3 is 2.20 bits per heavy atom. The van der Waals surface area contributed by atoms with Gasteiger partial charge in [0.2, 0.25) is 10.0 Å². The van der Waals surface area contributed by atoms with Crippen LogP contribution in [0.25, 0.3) is 0 Å². The average Bonchev–Trinajstić information content (AvgIpc) is 3.44. The van der Waals surface area contributed by atoms with Crippen LogP contribution in [0.5, 0.6) is 0 Å². The fraction of sp³-hybridized carbons (Fsp3) is 0.250. The first-order chi connectivity index (χ1) is 14.4. The number of nitrogens with one attached hydrogen (secondary N) is 1. The van der Waals surface area contributed by atoms with Gasteiger partial charge in [0.05, 0.1) is 22.0 Å². The molecule has 8 nitrogen and oxygen atoms in total. The van der Waals surface area contributed by atoms with Crippen molar-refractivity contribution < 1.29 is 16.8 Å². The van der Waals surface area contributed by atoms with Crippen molar-refractivity contribution >= 4 is 25.7 Å². The van der Waals surface area contributed by atoms with E-state index in [1.165, 1.54) is 28.6 Å². The van der Waals surface area contributed by atoms with Gasteiger partial charge in [-0.05, 0) is 54.8 Å². The first kappa shape index (κ1) is 20.6. The van der Waals surface area contributed by atoms with Gasteiger partial charge in [0.15, 0.2) is 0 Å². The summed E-state index contributed by atoms with van der Waals surface area (Å²) in [5, 5.41) is 4.15. The third-order valence-electron chi connectivity index (χ3n) is 4.99. The number of rotatable bonds is 7. The molecule has 1 N–H and O–H groups in total. The highest BCUT2D eigenvalue weighted by Crippen LogP contribution is 2.24. The molecule has 2 aromatic carbocycles.